The number of nitrogens with one attached hydrogen (secondary N) is 1. The van der Waals surface area contributed by atoms with Crippen LogP contribution >= 0.6 is 0 Å². The second-order valence-electron chi connectivity index (χ2n) is 8.27. The van der Waals surface area contributed by atoms with Crippen LogP contribution in [0.4, 0.5) is 0 Å². The van der Waals surface area contributed by atoms with E-state index in [1.807, 2.05) is 75.4 Å². The van der Waals surface area contributed by atoms with E-state index in [0.29, 0.717) is 12.1 Å². The van der Waals surface area contributed by atoms with Crippen LogP contribution in [-0.4, -0.2) is 16.7 Å². The smallest absolute Gasteiger partial charge is 0.244 e. The molecule has 1 amide bonds. The highest BCUT2D eigenvalue weighted by molar-refractivity contribution is 6.01. The van der Waals surface area contributed by atoms with E-state index in [4.69, 9.17) is 0 Å². The minimum absolute atomic E-state index is 0.150. The number of aromatic nitrogens is 1. The van der Waals surface area contributed by atoms with Crippen molar-refractivity contribution in [3.63, 3.8) is 0 Å². The second-order valence-corrected chi connectivity index (χ2v) is 8.27. The Morgan fingerprint density at radius 2 is 1.79 bits per heavy atom. The Balaban J connectivity index is 1.58. The number of fused-ring (bicyclic) bond motifs is 1. The summed E-state index contributed by atoms with van der Waals surface area (Å²) in [6.07, 6.45) is 2.00. The molecule has 4 rings (SSSR count). The molecule has 164 valence electrons. The topological polar surface area (TPSA) is 70.2 Å². The number of hydrogen-bond acceptors (Lipinski definition) is 3. The molecular formula is C28H26N4O. The van der Waals surface area contributed by atoms with Gasteiger partial charge in [-0.15, -0.1) is 0 Å². The monoisotopic (exact) mass is 434 g/mol. The van der Waals surface area contributed by atoms with Gasteiger partial charge < -0.3 is 4.57 Å². The molecule has 0 fully saturated rings. The average Bonchev–Trinajstić information content (AvgIpc) is 3.07. The van der Waals surface area contributed by atoms with Crippen LogP contribution < -0.4 is 5.43 Å². The van der Waals surface area contributed by atoms with Crippen molar-refractivity contribution in [1.82, 2.24) is 9.99 Å². The van der Waals surface area contributed by atoms with Gasteiger partial charge in [0, 0.05) is 28.7 Å². The van der Waals surface area contributed by atoms with E-state index < -0.39 is 0 Å². The van der Waals surface area contributed by atoms with E-state index in [9.17, 15) is 10.1 Å². The van der Waals surface area contributed by atoms with Gasteiger partial charge in [-0.1, -0.05) is 60.2 Å². The van der Waals surface area contributed by atoms with Gasteiger partial charge in [0.05, 0.1) is 24.3 Å². The Labute approximate surface area is 194 Å². The Bertz CT molecular complexity index is 1410. The summed E-state index contributed by atoms with van der Waals surface area (Å²) in [6, 6.07) is 24.1. The number of rotatable bonds is 6. The van der Waals surface area contributed by atoms with E-state index in [1.165, 1.54) is 5.56 Å². The van der Waals surface area contributed by atoms with Gasteiger partial charge in [0.1, 0.15) is 0 Å². The van der Waals surface area contributed by atoms with E-state index >= 15 is 0 Å². The maximum absolute atomic E-state index is 12.4. The largest absolute Gasteiger partial charge is 0.340 e. The predicted molar refractivity (Wildman–Crippen MR) is 132 cm³/mol. The quantitative estimate of drug-likeness (QED) is 0.336. The third kappa shape index (κ3) is 4.70. The lowest BCUT2D eigenvalue weighted by Crippen LogP contribution is -2.20. The maximum atomic E-state index is 12.4. The molecule has 3 aromatic carbocycles. The van der Waals surface area contributed by atoms with Gasteiger partial charge in [0.2, 0.25) is 5.91 Å². The van der Waals surface area contributed by atoms with Crippen molar-refractivity contribution in [2.75, 3.05) is 0 Å². The van der Waals surface area contributed by atoms with Crippen LogP contribution in [0, 0.1) is 32.1 Å². The number of hydrazone groups is 1. The van der Waals surface area contributed by atoms with E-state index in [2.05, 4.69) is 33.3 Å². The number of aryl methyl sites for hydroxylation is 2. The summed E-state index contributed by atoms with van der Waals surface area (Å²) >= 11 is 0. The summed E-state index contributed by atoms with van der Waals surface area (Å²) in [7, 11) is 0. The van der Waals surface area contributed by atoms with Gasteiger partial charge in [-0.3, -0.25) is 4.79 Å². The number of amides is 1. The minimum Gasteiger partial charge on any atom is -0.340 e. The Morgan fingerprint density at radius 3 is 2.58 bits per heavy atom. The molecule has 0 atom stereocenters. The van der Waals surface area contributed by atoms with Crippen LogP contribution in [0.2, 0.25) is 0 Å². The number of para-hydroxylation sites is 1. The van der Waals surface area contributed by atoms with Gasteiger partial charge in [0.15, 0.2) is 0 Å². The van der Waals surface area contributed by atoms with Crippen LogP contribution in [0.1, 0.15) is 39.1 Å². The zero-order valence-corrected chi connectivity index (χ0v) is 19.1. The number of carbonyl (C=O) groups is 1. The summed E-state index contributed by atoms with van der Waals surface area (Å²) in [5, 5.41) is 14.8. The molecule has 5 nitrogen and oxygen atoms in total. The van der Waals surface area contributed by atoms with Crippen molar-refractivity contribution in [1.29, 1.82) is 5.26 Å². The fraction of sp³-hybridized carbons (Fsp3) is 0.179. The van der Waals surface area contributed by atoms with Crippen molar-refractivity contribution < 1.29 is 4.79 Å². The highest BCUT2D eigenvalue weighted by Crippen LogP contribution is 2.26. The second kappa shape index (κ2) is 9.54. The Morgan fingerprint density at radius 1 is 1.03 bits per heavy atom. The molecule has 1 heterocycles. The molecule has 0 saturated heterocycles. The molecule has 4 aromatic rings. The first-order valence-corrected chi connectivity index (χ1v) is 10.9. The molecule has 0 aliphatic rings. The molecule has 0 saturated carbocycles. The van der Waals surface area contributed by atoms with Gasteiger partial charge in [-0.25, -0.2) is 5.43 Å². The van der Waals surface area contributed by atoms with Crippen molar-refractivity contribution in [2.45, 2.75) is 33.7 Å². The molecule has 5 heteroatoms. The van der Waals surface area contributed by atoms with Gasteiger partial charge in [-0.05, 0) is 49.6 Å². The molecule has 0 spiro atoms. The summed E-state index contributed by atoms with van der Waals surface area (Å²) in [6.45, 7) is 6.68. The van der Waals surface area contributed by atoms with E-state index in [0.717, 1.165) is 38.9 Å². The highest BCUT2D eigenvalue weighted by Gasteiger charge is 2.14. The van der Waals surface area contributed by atoms with Crippen LogP contribution in [0.5, 0.6) is 0 Å². The van der Waals surface area contributed by atoms with Crippen molar-refractivity contribution in [3.8, 4) is 6.07 Å². The molecule has 0 aliphatic carbocycles. The standard InChI is InChI=1S/C28H26N4O/c1-19-12-13-22(20(2)14-19)15-28(33)31-30-17-26-21(3)32(27-11-7-6-10-25(26)27)18-24-9-5-4-8-23(24)16-29/h4-14,17H,15,18H2,1-3H3,(H,31,33)/b30-17+. The first-order chi connectivity index (χ1) is 16.0. The van der Waals surface area contributed by atoms with E-state index in [1.54, 1.807) is 6.21 Å². The predicted octanol–water partition coefficient (Wildman–Crippen LogP) is 5.18. The van der Waals surface area contributed by atoms with Gasteiger partial charge in [0.25, 0.3) is 0 Å². The Hall–Kier alpha value is -4.17. The zero-order valence-electron chi connectivity index (χ0n) is 19.1. The summed E-state index contributed by atoms with van der Waals surface area (Å²) in [5.41, 5.74) is 10.6. The van der Waals surface area contributed by atoms with Crippen LogP contribution in [-0.2, 0) is 17.8 Å². The summed E-state index contributed by atoms with van der Waals surface area (Å²) in [5.74, 6) is -0.150. The first-order valence-electron chi connectivity index (χ1n) is 10.9. The highest BCUT2D eigenvalue weighted by atomic mass is 16.2. The summed E-state index contributed by atoms with van der Waals surface area (Å²) in [4.78, 5) is 12.4. The molecule has 1 aromatic heterocycles. The molecular weight excluding hydrogens is 408 g/mol. The van der Waals surface area contributed by atoms with Crippen molar-refractivity contribution in [3.05, 3.63) is 106 Å². The van der Waals surface area contributed by atoms with Gasteiger partial charge in [-0.2, -0.15) is 10.4 Å². The van der Waals surface area contributed by atoms with Crippen LogP contribution in [0.15, 0.2) is 71.8 Å². The lowest BCUT2D eigenvalue weighted by atomic mass is 10.0. The number of carbonyl (C=O) groups excluding carboxylic acids is 1. The third-order valence-corrected chi connectivity index (χ3v) is 5.98. The lowest BCUT2D eigenvalue weighted by molar-refractivity contribution is -0.120. The molecule has 0 unspecified atom stereocenters. The molecule has 0 bridgehead atoms. The minimum atomic E-state index is -0.150. The van der Waals surface area contributed by atoms with Crippen molar-refractivity contribution >= 4 is 23.0 Å². The average molecular weight is 435 g/mol. The number of nitrogens with zero attached hydrogens (tertiary/aromatic N) is 3. The SMILES string of the molecule is Cc1ccc(CC(=O)N/N=C/c2c(C)n(Cc3ccccc3C#N)c3ccccc23)c(C)c1. The fourth-order valence-corrected chi connectivity index (χ4v) is 4.19. The number of benzene rings is 3. The van der Waals surface area contributed by atoms with E-state index in [-0.39, 0.29) is 12.3 Å². The molecule has 33 heavy (non-hydrogen) atoms. The fourth-order valence-electron chi connectivity index (χ4n) is 4.19. The first kappa shape index (κ1) is 22.0. The summed E-state index contributed by atoms with van der Waals surface area (Å²) < 4.78 is 2.18. The number of hydrogen-bond donors (Lipinski definition) is 1. The Kier molecular flexibility index (Phi) is 6.37. The number of nitriles is 1. The zero-order chi connectivity index (χ0) is 23.4. The molecule has 1 N–H and O–H groups in total. The normalized spacial score (nSPS) is 11.1. The van der Waals surface area contributed by atoms with Crippen LogP contribution in [0.25, 0.3) is 10.9 Å². The lowest BCUT2D eigenvalue weighted by Gasteiger charge is -2.10. The maximum Gasteiger partial charge on any atom is 0.244 e. The molecule has 0 aliphatic heterocycles. The van der Waals surface area contributed by atoms with Gasteiger partial charge >= 0.3 is 0 Å². The van der Waals surface area contributed by atoms with Crippen LogP contribution in [0.3, 0.4) is 0 Å². The third-order valence-electron chi connectivity index (χ3n) is 5.98. The molecule has 0 radical (unpaired) electrons. The van der Waals surface area contributed by atoms with Crippen molar-refractivity contribution in [2.24, 2.45) is 5.10 Å².